The van der Waals surface area contributed by atoms with Crippen LogP contribution in [0.1, 0.15) is 0 Å². The minimum atomic E-state index is 0. The predicted molar refractivity (Wildman–Crippen MR) is 53.5 cm³/mol. The van der Waals surface area contributed by atoms with E-state index in [1.54, 1.807) is 16.9 Å². The summed E-state index contributed by atoms with van der Waals surface area (Å²) in [7, 11) is 0. The Balaban J connectivity index is 0. The van der Waals surface area contributed by atoms with Gasteiger partial charge in [0.1, 0.15) is 0 Å². The van der Waals surface area contributed by atoms with Gasteiger partial charge in [-0.3, -0.25) is 0 Å². The van der Waals surface area contributed by atoms with Crippen LogP contribution in [0.5, 0.6) is 0 Å². The van der Waals surface area contributed by atoms with Gasteiger partial charge in [-0.2, -0.15) is 0 Å². The Kier molecular flexibility index (Phi) is 7.56. The van der Waals surface area contributed by atoms with Crippen LogP contribution >= 0.6 is 24.8 Å². The van der Waals surface area contributed by atoms with Crippen molar-refractivity contribution in [2.75, 3.05) is 5.73 Å². The van der Waals surface area contributed by atoms with Crippen LogP contribution < -0.4 is 10.1 Å². The van der Waals surface area contributed by atoms with Gasteiger partial charge in [-0.1, -0.05) is 0 Å². The van der Waals surface area contributed by atoms with Gasteiger partial charge in [0.25, 0.3) is 0 Å². The first-order valence-electron chi connectivity index (χ1n) is 2.40. The Hall–Kier alpha value is 0.158. The van der Waals surface area contributed by atoms with Gasteiger partial charge in [0, 0.05) is 0 Å². The molecule has 4 heteroatoms. The standard InChI is InChI=1S/C6H8AsN.2ClH/c7-5-3-1-2-4-6(5)8;;/h1-4H,7-8H2;2*1H. The van der Waals surface area contributed by atoms with E-state index in [1.165, 1.54) is 4.35 Å². The molecule has 0 heterocycles. The summed E-state index contributed by atoms with van der Waals surface area (Å²) in [6.45, 7) is 0. The van der Waals surface area contributed by atoms with Crippen LogP contribution in [0.4, 0.5) is 5.69 Å². The van der Waals surface area contributed by atoms with E-state index in [0.29, 0.717) is 0 Å². The molecule has 0 radical (unpaired) electrons. The van der Waals surface area contributed by atoms with Crippen molar-refractivity contribution in [1.82, 2.24) is 0 Å². The van der Waals surface area contributed by atoms with Gasteiger partial charge in [-0.05, 0) is 0 Å². The SMILES string of the molecule is Cl.Cl.Nc1ccccc1[AsH2]. The van der Waals surface area contributed by atoms with Crippen LogP contribution in [-0.4, -0.2) is 16.9 Å². The zero-order valence-electron chi connectivity index (χ0n) is 5.28. The minimum absolute atomic E-state index is 0. The molecule has 1 aromatic rings. The molecule has 0 spiro atoms. The summed E-state index contributed by atoms with van der Waals surface area (Å²) in [5.74, 6) is 0. The second-order valence-electron chi connectivity index (χ2n) is 1.63. The van der Waals surface area contributed by atoms with Crippen molar-refractivity contribution in [2.45, 2.75) is 0 Å². The maximum atomic E-state index is 5.54. The van der Waals surface area contributed by atoms with Crippen LogP contribution in [0.25, 0.3) is 0 Å². The Labute approximate surface area is 81.7 Å². The monoisotopic (exact) mass is 241 g/mol. The second-order valence-corrected chi connectivity index (χ2v) is 2.93. The van der Waals surface area contributed by atoms with Gasteiger partial charge in [0.15, 0.2) is 0 Å². The molecular weight excluding hydrogens is 232 g/mol. The second kappa shape index (κ2) is 5.91. The molecule has 0 bridgehead atoms. The third-order valence-corrected chi connectivity index (χ3v) is 2.10. The topological polar surface area (TPSA) is 26.0 Å². The van der Waals surface area contributed by atoms with E-state index >= 15 is 0 Å². The zero-order valence-corrected chi connectivity index (χ0v) is 9.34. The number of halogens is 2. The molecule has 2 N–H and O–H groups in total. The molecule has 0 fully saturated rings. The van der Waals surface area contributed by atoms with E-state index in [4.69, 9.17) is 5.73 Å². The normalized spacial score (nSPS) is 7.30. The number of hydrogen-bond donors (Lipinski definition) is 1. The van der Waals surface area contributed by atoms with E-state index in [9.17, 15) is 0 Å². The first-order chi connectivity index (χ1) is 3.80. The molecule has 1 atom stereocenters. The zero-order chi connectivity index (χ0) is 5.98. The first-order valence-corrected chi connectivity index (χ1v) is 3.62. The Morgan fingerprint density at radius 2 is 1.60 bits per heavy atom. The van der Waals surface area contributed by atoms with Crippen LogP contribution in [-0.2, 0) is 0 Å². The van der Waals surface area contributed by atoms with Crippen molar-refractivity contribution in [3.8, 4) is 0 Å². The van der Waals surface area contributed by atoms with Gasteiger partial charge < -0.3 is 0 Å². The van der Waals surface area contributed by atoms with Gasteiger partial charge in [-0.15, -0.1) is 24.8 Å². The number of para-hydroxylation sites is 1. The molecule has 1 rings (SSSR count). The van der Waals surface area contributed by atoms with E-state index in [-0.39, 0.29) is 24.8 Å². The number of hydrogen-bond acceptors (Lipinski definition) is 1. The van der Waals surface area contributed by atoms with Gasteiger partial charge in [0.05, 0.1) is 0 Å². The summed E-state index contributed by atoms with van der Waals surface area (Å²) >= 11 is 1.57. The molecule has 10 heavy (non-hydrogen) atoms. The van der Waals surface area contributed by atoms with Gasteiger partial charge in [-0.25, -0.2) is 0 Å². The fourth-order valence-corrected chi connectivity index (χ4v) is 0.946. The van der Waals surface area contributed by atoms with Crippen LogP contribution in [0, 0.1) is 0 Å². The summed E-state index contributed by atoms with van der Waals surface area (Å²) in [6, 6.07) is 7.87. The molecule has 0 aliphatic rings. The third kappa shape index (κ3) is 3.36. The van der Waals surface area contributed by atoms with Gasteiger partial charge >= 0.3 is 56.9 Å². The Morgan fingerprint density at radius 1 is 1.10 bits per heavy atom. The van der Waals surface area contributed by atoms with Crippen molar-refractivity contribution in [3.63, 3.8) is 0 Å². The van der Waals surface area contributed by atoms with E-state index < -0.39 is 0 Å². The van der Waals surface area contributed by atoms with E-state index in [0.717, 1.165) is 5.69 Å². The van der Waals surface area contributed by atoms with Crippen molar-refractivity contribution < 1.29 is 0 Å². The summed E-state index contributed by atoms with van der Waals surface area (Å²) in [4.78, 5) is 0. The van der Waals surface area contributed by atoms with E-state index in [2.05, 4.69) is 0 Å². The van der Waals surface area contributed by atoms with Crippen LogP contribution in [0.3, 0.4) is 0 Å². The molecule has 0 aliphatic heterocycles. The molecular formula is C6H10AsCl2N. The molecule has 0 saturated carbocycles. The third-order valence-electron chi connectivity index (χ3n) is 0.996. The average Bonchev–Trinajstić information content (AvgIpc) is 1.77. The molecule has 0 aliphatic carbocycles. The van der Waals surface area contributed by atoms with Gasteiger partial charge in [0.2, 0.25) is 0 Å². The van der Waals surface area contributed by atoms with Crippen LogP contribution in [0.15, 0.2) is 24.3 Å². The Bertz CT molecular complexity index is 172. The molecule has 1 aromatic carbocycles. The van der Waals surface area contributed by atoms with Crippen molar-refractivity contribution in [2.24, 2.45) is 0 Å². The van der Waals surface area contributed by atoms with Crippen molar-refractivity contribution in [1.29, 1.82) is 0 Å². The fourth-order valence-electron chi connectivity index (χ4n) is 0.511. The fraction of sp³-hybridized carbons (Fsp3) is 0. The summed E-state index contributed by atoms with van der Waals surface area (Å²) < 4.78 is 1.21. The quantitative estimate of drug-likeness (QED) is 0.516. The molecule has 0 amide bonds. The number of rotatable bonds is 0. The van der Waals surface area contributed by atoms with Crippen molar-refractivity contribution in [3.05, 3.63) is 24.3 Å². The molecule has 1 nitrogen and oxygen atoms in total. The van der Waals surface area contributed by atoms with Crippen molar-refractivity contribution >= 4 is 51.7 Å². The number of anilines is 1. The first kappa shape index (κ1) is 12.8. The maximum absolute atomic E-state index is 5.54. The molecule has 1 unspecified atom stereocenters. The van der Waals surface area contributed by atoms with Crippen LogP contribution in [0.2, 0.25) is 0 Å². The average molecular weight is 242 g/mol. The Morgan fingerprint density at radius 3 is 1.90 bits per heavy atom. The molecule has 0 aromatic heterocycles. The molecule has 0 saturated heterocycles. The van der Waals surface area contributed by atoms with E-state index in [1.807, 2.05) is 24.3 Å². The number of nitrogens with two attached hydrogens (primary N) is 1. The molecule has 58 valence electrons. The predicted octanol–water partition coefficient (Wildman–Crippen LogP) is 0.371. The summed E-state index contributed by atoms with van der Waals surface area (Å²) in [6.07, 6.45) is 0. The number of nitrogen functional groups attached to an aromatic ring is 1. The summed E-state index contributed by atoms with van der Waals surface area (Å²) in [5, 5.41) is 0. The number of benzene rings is 1. The summed E-state index contributed by atoms with van der Waals surface area (Å²) in [5.41, 5.74) is 6.43.